The van der Waals surface area contributed by atoms with E-state index in [2.05, 4.69) is 4.98 Å². The van der Waals surface area contributed by atoms with Crippen LogP contribution >= 0.6 is 11.3 Å². The molecule has 0 spiro atoms. The van der Waals surface area contributed by atoms with Gasteiger partial charge in [-0.15, -0.1) is 11.3 Å². The maximum absolute atomic E-state index is 9.05. The van der Waals surface area contributed by atoms with Crippen molar-refractivity contribution in [3.05, 3.63) is 28.8 Å². The molecule has 0 saturated carbocycles. The summed E-state index contributed by atoms with van der Waals surface area (Å²) in [5.41, 5.74) is 2.53. The molecule has 1 N–H and O–H groups in total. The maximum atomic E-state index is 9.05. The molecule has 1 aromatic heterocycles. The van der Waals surface area contributed by atoms with E-state index in [0.717, 1.165) is 27.6 Å². The summed E-state index contributed by atoms with van der Waals surface area (Å²) in [6, 6.07) is 3.82. The molecule has 0 saturated heterocycles. The van der Waals surface area contributed by atoms with Gasteiger partial charge in [-0.2, -0.15) is 0 Å². The van der Waals surface area contributed by atoms with Crippen molar-refractivity contribution in [2.45, 2.75) is 13.5 Å². The van der Waals surface area contributed by atoms with E-state index < -0.39 is 0 Å². The number of thiazole rings is 1. The van der Waals surface area contributed by atoms with Gasteiger partial charge in [0.15, 0.2) is 0 Å². The Kier molecular flexibility index (Phi) is 3.84. The summed E-state index contributed by atoms with van der Waals surface area (Å²) in [5, 5.41) is 11.7. The largest absolute Gasteiger partial charge is 0.496 e. The van der Waals surface area contributed by atoms with Gasteiger partial charge in [0.25, 0.3) is 0 Å². The first-order valence-corrected chi connectivity index (χ1v) is 6.36. The van der Waals surface area contributed by atoms with E-state index >= 15 is 0 Å². The van der Waals surface area contributed by atoms with Crippen LogP contribution in [0.3, 0.4) is 0 Å². The number of aliphatic hydroxyl groups is 1. The van der Waals surface area contributed by atoms with Crippen LogP contribution in [-0.4, -0.2) is 24.3 Å². The van der Waals surface area contributed by atoms with Crippen molar-refractivity contribution in [2.24, 2.45) is 0 Å². The summed E-state index contributed by atoms with van der Waals surface area (Å²) in [7, 11) is 3.26. The lowest BCUT2D eigenvalue weighted by Gasteiger charge is -2.12. The van der Waals surface area contributed by atoms with Crippen molar-refractivity contribution in [3.63, 3.8) is 0 Å². The van der Waals surface area contributed by atoms with Gasteiger partial charge in [-0.3, -0.25) is 0 Å². The molecule has 2 aromatic rings. The topological polar surface area (TPSA) is 51.6 Å². The number of nitrogens with zero attached hydrogens (tertiary/aromatic N) is 1. The minimum atomic E-state index is -0.0477. The molecular weight excluding hydrogens is 250 g/mol. The molecular formula is C13H15NO3S. The second-order valence-electron chi connectivity index (χ2n) is 3.78. The summed E-state index contributed by atoms with van der Waals surface area (Å²) in [6.45, 7) is 1.90. The van der Waals surface area contributed by atoms with Crippen LogP contribution in [0.2, 0.25) is 0 Å². The first kappa shape index (κ1) is 12.9. The van der Waals surface area contributed by atoms with Gasteiger partial charge in [-0.1, -0.05) is 0 Å². The van der Waals surface area contributed by atoms with Crippen molar-refractivity contribution in [3.8, 4) is 22.1 Å². The zero-order valence-electron chi connectivity index (χ0n) is 10.6. The fourth-order valence-corrected chi connectivity index (χ4v) is 2.66. The van der Waals surface area contributed by atoms with Crippen LogP contribution in [0.4, 0.5) is 0 Å². The first-order chi connectivity index (χ1) is 8.71. The van der Waals surface area contributed by atoms with Crippen LogP contribution in [0, 0.1) is 6.92 Å². The molecule has 0 atom stereocenters. The molecule has 1 heterocycles. The maximum Gasteiger partial charge on any atom is 0.135 e. The second-order valence-corrected chi connectivity index (χ2v) is 4.63. The van der Waals surface area contributed by atoms with Gasteiger partial charge in [-0.05, 0) is 19.1 Å². The lowest BCUT2D eigenvalue weighted by molar-refractivity contribution is 0.278. The van der Waals surface area contributed by atoms with Crippen molar-refractivity contribution < 1.29 is 14.6 Å². The Morgan fingerprint density at radius 1 is 1.28 bits per heavy atom. The number of rotatable bonds is 4. The van der Waals surface area contributed by atoms with Crippen LogP contribution in [0.15, 0.2) is 17.5 Å². The molecule has 0 radical (unpaired) electrons. The van der Waals surface area contributed by atoms with Gasteiger partial charge in [0.05, 0.1) is 32.1 Å². The summed E-state index contributed by atoms with van der Waals surface area (Å²) >= 11 is 1.49. The summed E-state index contributed by atoms with van der Waals surface area (Å²) in [4.78, 5) is 4.35. The SMILES string of the molecule is COc1ccc(-c2nc(CO)cs2)c(OC)c1C. The molecule has 4 nitrogen and oxygen atoms in total. The minimum absolute atomic E-state index is 0.0477. The summed E-state index contributed by atoms with van der Waals surface area (Å²) < 4.78 is 10.7. The zero-order valence-corrected chi connectivity index (χ0v) is 11.4. The van der Waals surface area contributed by atoms with Crippen LogP contribution in [-0.2, 0) is 6.61 Å². The Hall–Kier alpha value is -1.59. The van der Waals surface area contributed by atoms with Gasteiger partial charge < -0.3 is 14.6 Å². The summed E-state index contributed by atoms with van der Waals surface area (Å²) in [6.07, 6.45) is 0. The smallest absolute Gasteiger partial charge is 0.135 e. The van der Waals surface area contributed by atoms with Crippen LogP contribution in [0.1, 0.15) is 11.3 Å². The van der Waals surface area contributed by atoms with Crippen molar-refractivity contribution in [1.29, 1.82) is 0 Å². The monoisotopic (exact) mass is 265 g/mol. The Morgan fingerprint density at radius 2 is 2.06 bits per heavy atom. The third-order valence-electron chi connectivity index (χ3n) is 2.72. The first-order valence-electron chi connectivity index (χ1n) is 5.48. The molecule has 0 fully saturated rings. The Labute approximate surface area is 110 Å². The highest BCUT2D eigenvalue weighted by molar-refractivity contribution is 7.13. The Morgan fingerprint density at radius 3 is 2.61 bits per heavy atom. The van der Waals surface area contributed by atoms with E-state index in [0.29, 0.717) is 5.69 Å². The number of ether oxygens (including phenoxy) is 2. The fourth-order valence-electron chi connectivity index (χ4n) is 1.83. The molecule has 0 aliphatic carbocycles. The number of aliphatic hydroxyl groups excluding tert-OH is 1. The van der Waals surface area contributed by atoms with E-state index in [4.69, 9.17) is 14.6 Å². The van der Waals surface area contributed by atoms with Gasteiger partial charge in [0, 0.05) is 10.9 Å². The van der Waals surface area contributed by atoms with Gasteiger partial charge >= 0.3 is 0 Å². The summed E-state index contributed by atoms with van der Waals surface area (Å²) in [5.74, 6) is 1.54. The molecule has 2 rings (SSSR count). The second kappa shape index (κ2) is 5.37. The normalized spacial score (nSPS) is 10.4. The van der Waals surface area contributed by atoms with E-state index in [9.17, 15) is 0 Å². The zero-order chi connectivity index (χ0) is 13.1. The van der Waals surface area contributed by atoms with E-state index in [1.165, 1.54) is 11.3 Å². The van der Waals surface area contributed by atoms with Crippen molar-refractivity contribution >= 4 is 11.3 Å². The third kappa shape index (κ3) is 2.19. The predicted octanol–water partition coefficient (Wildman–Crippen LogP) is 2.63. The molecule has 0 aliphatic heterocycles. The number of benzene rings is 1. The average molecular weight is 265 g/mol. The van der Waals surface area contributed by atoms with Gasteiger partial charge in [-0.25, -0.2) is 4.98 Å². The highest BCUT2D eigenvalue weighted by Crippen LogP contribution is 2.38. The molecule has 96 valence electrons. The Bertz CT molecular complexity index is 551. The highest BCUT2D eigenvalue weighted by Gasteiger charge is 2.15. The van der Waals surface area contributed by atoms with Crippen molar-refractivity contribution in [2.75, 3.05) is 14.2 Å². The van der Waals surface area contributed by atoms with Gasteiger partial charge in [0.2, 0.25) is 0 Å². The lowest BCUT2D eigenvalue weighted by Crippen LogP contribution is -1.95. The highest BCUT2D eigenvalue weighted by atomic mass is 32.1. The number of aromatic nitrogens is 1. The van der Waals surface area contributed by atoms with E-state index in [1.807, 2.05) is 24.4 Å². The molecule has 0 amide bonds. The predicted molar refractivity (Wildman–Crippen MR) is 71.3 cm³/mol. The molecule has 0 unspecified atom stereocenters. The molecule has 5 heteroatoms. The van der Waals surface area contributed by atoms with E-state index in [1.54, 1.807) is 14.2 Å². The number of hydrogen-bond donors (Lipinski definition) is 1. The van der Waals surface area contributed by atoms with Crippen LogP contribution in [0.25, 0.3) is 10.6 Å². The quantitative estimate of drug-likeness (QED) is 0.923. The third-order valence-corrected chi connectivity index (χ3v) is 3.65. The lowest BCUT2D eigenvalue weighted by atomic mass is 10.1. The van der Waals surface area contributed by atoms with Crippen LogP contribution < -0.4 is 9.47 Å². The van der Waals surface area contributed by atoms with Gasteiger partial charge in [0.1, 0.15) is 16.5 Å². The number of methoxy groups -OCH3 is 2. The molecule has 0 bridgehead atoms. The van der Waals surface area contributed by atoms with Crippen molar-refractivity contribution in [1.82, 2.24) is 4.98 Å². The fraction of sp³-hybridized carbons (Fsp3) is 0.308. The average Bonchev–Trinajstić information content (AvgIpc) is 2.87. The molecule has 0 aliphatic rings. The van der Waals surface area contributed by atoms with E-state index in [-0.39, 0.29) is 6.61 Å². The van der Waals surface area contributed by atoms with Crippen LogP contribution in [0.5, 0.6) is 11.5 Å². The minimum Gasteiger partial charge on any atom is -0.496 e. The molecule has 18 heavy (non-hydrogen) atoms. The molecule has 1 aromatic carbocycles. The standard InChI is InChI=1S/C13H15NO3S/c1-8-11(16-2)5-4-10(12(8)17-3)13-14-9(6-15)7-18-13/h4-5,7,15H,6H2,1-3H3. The Balaban J connectivity index is 2.53. The number of hydrogen-bond acceptors (Lipinski definition) is 5.